The highest BCUT2D eigenvalue weighted by Gasteiger charge is 2.22. The fourth-order valence-electron chi connectivity index (χ4n) is 8.26. The Morgan fingerprint density at radius 2 is 0.855 bits per heavy atom. The molecule has 4 aromatic heterocycles. The van der Waals surface area contributed by atoms with Crippen LogP contribution in [0.3, 0.4) is 0 Å². The van der Waals surface area contributed by atoms with Crippen molar-refractivity contribution in [3.05, 3.63) is 164 Å². The van der Waals surface area contributed by atoms with Crippen LogP contribution in [0.25, 0.3) is 122 Å². The summed E-state index contributed by atoms with van der Waals surface area (Å²) in [6, 6.07) is 55.6. The van der Waals surface area contributed by atoms with Crippen molar-refractivity contribution < 1.29 is 13.3 Å². The average molecular weight is 706 g/mol. The fraction of sp³-hybridized carbons (Fsp3) is 0. The molecule has 4 heterocycles. The zero-order valence-electron chi connectivity index (χ0n) is 29.2. The summed E-state index contributed by atoms with van der Waals surface area (Å²) in [5.74, 6) is 1.72. The van der Waals surface area contributed by atoms with Crippen molar-refractivity contribution in [1.82, 2.24) is 15.0 Å². The molecule has 0 radical (unpaired) electrons. The van der Waals surface area contributed by atoms with Crippen LogP contribution in [0.2, 0.25) is 0 Å². The Kier molecular flexibility index (Phi) is 6.24. The molecular formula is C49H27N3O3. The van der Waals surface area contributed by atoms with Gasteiger partial charge in [0.1, 0.15) is 33.5 Å². The van der Waals surface area contributed by atoms with Gasteiger partial charge in [0.25, 0.3) is 0 Å². The number of hydrogen-bond acceptors (Lipinski definition) is 6. The van der Waals surface area contributed by atoms with Crippen LogP contribution >= 0.6 is 0 Å². The summed E-state index contributed by atoms with van der Waals surface area (Å²) in [7, 11) is 0. The van der Waals surface area contributed by atoms with E-state index in [1.54, 1.807) is 0 Å². The minimum Gasteiger partial charge on any atom is -0.456 e. The third kappa shape index (κ3) is 4.52. The molecule has 0 saturated carbocycles. The van der Waals surface area contributed by atoms with Crippen molar-refractivity contribution >= 4 is 76.6 Å². The van der Waals surface area contributed by atoms with Crippen molar-refractivity contribution in [3.8, 4) is 45.3 Å². The summed E-state index contributed by atoms with van der Waals surface area (Å²) < 4.78 is 19.4. The summed E-state index contributed by atoms with van der Waals surface area (Å²) in [6.45, 7) is 0. The van der Waals surface area contributed by atoms with E-state index in [4.69, 9.17) is 28.2 Å². The Morgan fingerprint density at radius 1 is 0.309 bits per heavy atom. The molecule has 6 nitrogen and oxygen atoms in total. The normalized spacial score (nSPS) is 12.0. The zero-order valence-corrected chi connectivity index (χ0v) is 29.2. The van der Waals surface area contributed by atoms with Crippen LogP contribution in [-0.2, 0) is 0 Å². The quantitative estimate of drug-likeness (QED) is 0.181. The van der Waals surface area contributed by atoms with Crippen molar-refractivity contribution in [1.29, 1.82) is 0 Å². The minimum atomic E-state index is 0.562. The molecule has 0 spiro atoms. The van der Waals surface area contributed by atoms with Crippen molar-refractivity contribution in [2.45, 2.75) is 0 Å². The third-order valence-electron chi connectivity index (χ3n) is 10.7. The highest BCUT2D eigenvalue weighted by atomic mass is 16.3. The second-order valence-electron chi connectivity index (χ2n) is 13.9. The lowest BCUT2D eigenvalue weighted by atomic mass is 9.94. The third-order valence-corrected chi connectivity index (χ3v) is 10.7. The maximum Gasteiger partial charge on any atom is 0.164 e. The molecule has 55 heavy (non-hydrogen) atoms. The van der Waals surface area contributed by atoms with Gasteiger partial charge < -0.3 is 13.3 Å². The van der Waals surface area contributed by atoms with Crippen LogP contribution in [0.1, 0.15) is 0 Å². The van der Waals surface area contributed by atoms with E-state index in [-0.39, 0.29) is 0 Å². The smallest absolute Gasteiger partial charge is 0.164 e. The molecule has 0 aliphatic rings. The molecule has 0 saturated heterocycles. The van der Waals surface area contributed by atoms with Gasteiger partial charge in [-0.05, 0) is 59.0 Å². The topological polar surface area (TPSA) is 78.1 Å². The Labute approximate surface area is 312 Å². The van der Waals surface area contributed by atoms with E-state index in [0.29, 0.717) is 17.5 Å². The van der Waals surface area contributed by atoms with Gasteiger partial charge in [-0.3, -0.25) is 0 Å². The van der Waals surface area contributed by atoms with Gasteiger partial charge in [0.2, 0.25) is 0 Å². The summed E-state index contributed by atoms with van der Waals surface area (Å²) in [5.41, 5.74) is 9.69. The van der Waals surface area contributed by atoms with Gasteiger partial charge in [0.05, 0.1) is 0 Å². The molecule has 0 N–H and O–H groups in total. The van der Waals surface area contributed by atoms with Crippen LogP contribution < -0.4 is 0 Å². The van der Waals surface area contributed by atoms with Gasteiger partial charge in [-0.25, -0.2) is 15.0 Å². The first-order chi connectivity index (χ1) is 27.2. The second kappa shape index (κ2) is 11.5. The largest absolute Gasteiger partial charge is 0.456 e. The molecule has 12 aromatic rings. The number of furan rings is 3. The number of para-hydroxylation sites is 2. The number of hydrogen-bond donors (Lipinski definition) is 0. The Balaban J connectivity index is 1.08. The van der Waals surface area contributed by atoms with Gasteiger partial charge in [-0.2, -0.15) is 0 Å². The molecule has 0 unspecified atom stereocenters. The minimum absolute atomic E-state index is 0.562. The van der Waals surface area contributed by atoms with Crippen molar-refractivity contribution in [2.24, 2.45) is 0 Å². The maximum atomic E-state index is 6.66. The number of nitrogens with zero attached hydrogens (tertiary/aromatic N) is 3. The molecule has 0 aliphatic heterocycles. The molecule has 8 aromatic carbocycles. The van der Waals surface area contributed by atoms with Gasteiger partial charge in [0, 0.05) is 54.4 Å². The summed E-state index contributed by atoms with van der Waals surface area (Å²) in [6.07, 6.45) is 0. The van der Waals surface area contributed by atoms with Crippen LogP contribution in [0.4, 0.5) is 0 Å². The first-order valence-corrected chi connectivity index (χ1v) is 18.3. The number of benzene rings is 8. The molecule has 0 fully saturated rings. The monoisotopic (exact) mass is 705 g/mol. The fourth-order valence-corrected chi connectivity index (χ4v) is 8.26. The molecule has 6 heteroatoms. The highest BCUT2D eigenvalue weighted by Crippen LogP contribution is 2.44. The number of aromatic nitrogens is 3. The van der Waals surface area contributed by atoms with Crippen LogP contribution in [0.15, 0.2) is 177 Å². The van der Waals surface area contributed by atoms with Crippen LogP contribution in [0, 0.1) is 0 Å². The molecule has 0 atom stereocenters. The molecule has 0 amide bonds. The lowest BCUT2D eigenvalue weighted by molar-refractivity contribution is 0.668. The zero-order chi connectivity index (χ0) is 36.0. The predicted molar refractivity (Wildman–Crippen MR) is 221 cm³/mol. The Bertz CT molecular complexity index is 3500. The van der Waals surface area contributed by atoms with E-state index in [1.807, 2.05) is 84.9 Å². The number of rotatable bonds is 4. The maximum absolute atomic E-state index is 6.66. The molecule has 0 bridgehead atoms. The SMILES string of the molecule is c1ccc(-c2nc(-c3cccc4oc5ccccc5c34)nc(-c3cccc4oc5cc(-c6cc7ccccc7c7oc8ccccc8c67)ccc5c34)n2)cc1. The molecule has 0 aliphatic carbocycles. The lowest BCUT2D eigenvalue weighted by Gasteiger charge is -2.10. The van der Waals surface area contributed by atoms with Crippen molar-refractivity contribution in [2.75, 3.05) is 0 Å². The van der Waals surface area contributed by atoms with E-state index < -0.39 is 0 Å². The summed E-state index contributed by atoms with van der Waals surface area (Å²) in [4.78, 5) is 15.4. The van der Waals surface area contributed by atoms with Gasteiger partial charge in [0.15, 0.2) is 17.5 Å². The van der Waals surface area contributed by atoms with Crippen molar-refractivity contribution in [3.63, 3.8) is 0 Å². The van der Waals surface area contributed by atoms with Gasteiger partial charge in [-0.1, -0.05) is 121 Å². The van der Waals surface area contributed by atoms with Gasteiger partial charge >= 0.3 is 0 Å². The Hall–Kier alpha value is -7.57. The standard InChI is InChI=1S/C49H27N3O3/c1-2-12-28(13-3-1)47-50-48(35-18-10-22-40-43(35)32-16-6-8-20-38(32)53-40)52-49(51-47)36-19-11-23-41-44(36)34-25-24-30(27-42(34)54-41)37-26-29-14-4-5-15-31(29)46-45(37)33-17-7-9-21-39(33)55-46/h1-27H. The van der Waals surface area contributed by atoms with E-state index in [9.17, 15) is 0 Å². The molecule has 256 valence electrons. The van der Waals surface area contributed by atoms with E-state index >= 15 is 0 Å². The number of fused-ring (bicyclic) bond motifs is 11. The highest BCUT2D eigenvalue weighted by molar-refractivity contribution is 6.22. The van der Waals surface area contributed by atoms with E-state index in [2.05, 4.69) is 78.9 Å². The van der Waals surface area contributed by atoms with E-state index in [1.165, 1.54) is 0 Å². The van der Waals surface area contributed by atoms with Gasteiger partial charge in [-0.15, -0.1) is 0 Å². The lowest BCUT2D eigenvalue weighted by Crippen LogP contribution is -2.00. The first kappa shape index (κ1) is 29.9. The van der Waals surface area contributed by atoms with E-state index in [0.717, 1.165) is 104 Å². The van der Waals surface area contributed by atoms with Crippen LogP contribution in [-0.4, -0.2) is 15.0 Å². The Morgan fingerprint density at radius 3 is 1.58 bits per heavy atom. The summed E-state index contributed by atoms with van der Waals surface area (Å²) >= 11 is 0. The summed E-state index contributed by atoms with van der Waals surface area (Å²) in [5, 5.41) is 8.32. The average Bonchev–Trinajstić information content (AvgIpc) is 3.95. The van der Waals surface area contributed by atoms with Crippen LogP contribution in [0.5, 0.6) is 0 Å². The first-order valence-electron chi connectivity index (χ1n) is 18.3. The second-order valence-corrected chi connectivity index (χ2v) is 13.9. The predicted octanol–water partition coefficient (Wildman–Crippen LogP) is 13.4. The molecule has 12 rings (SSSR count). The molecular weight excluding hydrogens is 679 g/mol.